The standard InChI is InChI=1S/C32H38F3N3O5S/c1-4-43-27-19-26-24(18-28(27)44(3,40)41)29(31(39)42-2)25(30(36-26)21-9-8-10-22(17-21)32(33,34)35)20-37-15-11-23(12-16-37)38-13-6-5-7-14-38/h8-10,17-19,23H,4-7,11-16,20H2,1-3H3. The van der Waals surface area contributed by atoms with Gasteiger partial charge in [-0.05, 0) is 77.0 Å². The van der Waals surface area contributed by atoms with Gasteiger partial charge in [-0.1, -0.05) is 18.6 Å². The Balaban J connectivity index is 1.67. The minimum atomic E-state index is -4.58. The summed E-state index contributed by atoms with van der Waals surface area (Å²) in [7, 11) is -2.56. The highest BCUT2D eigenvalue weighted by atomic mass is 32.2. The molecule has 238 valence electrons. The van der Waals surface area contributed by atoms with Gasteiger partial charge in [0.15, 0.2) is 9.84 Å². The fourth-order valence-electron chi connectivity index (χ4n) is 6.39. The van der Waals surface area contributed by atoms with Crippen LogP contribution in [0.3, 0.4) is 0 Å². The maximum atomic E-state index is 13.8. The number of likely N-dealkylation sites (tertiary alicyclic amines) is 2. The van der Waals surface area contributed by atoms with Crippen molar-refractivity contribution >= 4 is 26.7 Å². The molecule has 0 unspecified atom stereocenters. The molecule has 2 aliphatic rings. The molecule has 0 radical (unpaired) electrons. The number of alkyl halides is 3. The Morgan fingerprint density at radius 1 is 1.05 bits per heavy atom. The largest absolute Gasteiger partial charge is 0.492 e. The number of carbonyl (C=O) groups is 1. The van der Waals surface area contributed by atoms with Gasteiger partial charge in [0.05, 0.1) is 36.1 Å². The van der Waals surface area contributed by atoms with Crippen LogP contribution in [0.1, 0.15) is 60.5 Å². The van der Waals surface area contributed by atoms with E-state index in [1.807, 2.05) is 0 Å². The lowest BCUT2D eigenvalue weighted by molar-refractivity contribution is -0.137. The van der Waals surface area contributed by atoms with Crippen LogP contribution in [-0.4, -0.2) is 81.4 Å². The number of pyridine rings is 1. The molecule has 2 aliphatic heterocycles. The van der Waals surface area contributed by atoms with Crippen molar-refractivity contribution in [3.8, 4) is 17.0 Å². The van der Waals surface area contributed by atoms with Crippen LogP contribution in [-0.2, 0) is 27.3 Å². The molecule has 1 aromatic heterocycles. The lowest BCUT2D eigenvalue weighted by atomic mass is 9.94. The van der Waals surface area contributed by atoms with Crippen LogP contribution < -0.4 is 4.74 Å². The van der Waals surface area contributed by atoms with Crippen LogP contribution in [0.25, 0.3) is 22.2 Å². The van der Waals surface area contributed by atoms with Crippen molar-refractivity contribution in [2.75, 3.05) is 46.2 Å². The van der Waals surface area contributed by atoms with E-state index in [-0.39, 0.29) is 51.5 Å². The second kappa shape index (κ2) is 13.0. The van der Waals surface area contributed by atoms with E-state index < -0.39 is 27.5 Å². The van der Waals surface area contributed by atoms with Gasteiger partial charge in [0, 0.05) is 41.4 Å². The Bertz CT molecular complexity index is 1630. The molecule has 0 bridgehead atoms. The first-order valence-corrected chi connectivity index (χ1v) is 16.9. The first-order valence-electron chi connectivity index (χ1n) is 15.0. The molecular weight excluding hydrogens is 595 g/mol. The molecule has 3 heterocycles. The van der Waals surface area contributed by atoms with Crippen LogP contribution in [0, 0.1) is 0 Å². The second-order valence-corrected chi connectivity index (χ2v) is 13.5. The number of benzene rings is 2. The maximum absolute atomic E-state index is 13.8. The molecule has 5 rings (SSSR count). The van der Waals surface area contributed by atoms with Gasteiger partial charge in [-0.25, -0.2) is 18.2 Å². The van der Waals surface area contributed by atoms with E-state index in [0.29, 0.717) is 11.6 Å². The zero-order chi connectivity index (χ0) is 31.6. The number of nitrogens with zero attached hydrogens (tertiary/aromatic N) is 3. The maximum Gasteiger partial charge on any atom is 0.416 e. The number of methoxy groups -OCH3 is 1. The Kier molecular flexibility index (Phi) is 9.52. The predicted octanol–water partition coefficient (Wildman–Crippen LogP) is 5.96. The van der Waals surface area contributed by atoms with Gasteiger partial charge >= 0.3 is 12.1 Å². The second-order valence-electron chi connectivity index (χ2n) is 11.5. The van der Waals surface area contributed by atoms with Crippen LogP contribution in [0.4, 0.5) is 13.2 Å². The topological polar surface area (TPSA) is 89.0 Å². The number of rotatable bonds is 8. The number of hydrogen-bond acceptors (Lipinski definition) is 8. The zero-order valence-electron chi connectivity index (χ0n) is 25.2. The molecule has 12 heteroatoms. The van der Waals surface area contributed by atoms with Crippen molar-refractivity contribution in [2.45, 2.75) is 62.7 Å². The van der Waals surface area contributed by atoms with Gasteiger partial charge in [-0.2, -0.15) is 13.2 Å². The predicted molar refractivity (Wildman–Crippen MR) is 162 cm³/mol. The van der Waals surface area contributed by atoms with Gasteiger partial charge < -0.3 is 14.4 Å². The molecule has 2 aromatic carbocycles. The number of aromatic nitrogens is 1. The Labute approximate surface area is 256 Å². The first-order chi connectivity index (χ1) is 20.9. The molecule has 0 amide bonds. The molecule has 0 atom stereocenters. The molecule has 0 aliphatic carbocycles. The third-order valence-electron chi connectivity index (χ3n) is 8.55. The van der Waals surface area contributed by atoms with Crippen molar-refractivity contribution in [3.63, 3.8) is 0 Å². The minimum Gasteiger partial charge on any atom is -0.492 e. The summed E-state index contributed by atoms with van der Waals surface area (Å²) in [6.45, 7) is 5.77. The van der Waals surface area contributed by atoms with E-state index in [9.17, 15) is 26.4 Å². The number of piperidine rings is 2. The number of fused-ring (bicyclic) bond motifs is 1. The van der Waals surface area contributed by atoms with Crippen molar-refractivity contribution in [3.05, 3.63) is 53.1 Å². The average Bonchev–Trinajstić information content (AvgIpc) is 3.00. The quantitative estimate of drug-likeness (QED) is 0.281. The lowest BCUT2D eigenvalue weighted by Gasteiger charge is -2.40. The summed E-state index contributed by atoms with van der Waals surface area (Å²) in [4.78, 5) is 22.9. The summed E-state index contributed by atoms with van der Waals surface area (Å²) in [6, 6.07) is 8.11. The normalized spacial score (nSPS) is 17.6. The smallest absolute Gasteiger partial charge is 0.416 e. The van der Waals surface area contributed by atoms with Crippen molar-refractivity contribution in [1.82, 2.24) is 14.8 Å². The summed E-state index contributed by atoms with van der Waals surface area (Å²) in [5.74, 6) is -0.680. The summed E-state index contributed by atoms with van der Waals surface area (Å²) >= 11 is 0. The fourth-order valence-corrected chi connectivity index (χ4v) is 7.20. The number of sulfone groups is 1. The molecule has 0 saturated carbocycles. The van der Waals surface area contributed by atoms with Crippen LogP contribution >= 0.6 is 0 Å². The van der Waals surface area contributed by atoms with Crippen LogP contribution in [0.5, 0.6) is 5.75 Å². The van der Waals surface area contributed by atoms with E-state index in [1.54, 1.807) is 6.92 Å². The summed E-state index contributed by atoms with van der Waals surface area (Å²) in [5, 5.41) is 0.231. The van der Waals surface area contributed by atoms with Gasteiger partial charge in [0.2, 0.25) is 0 Å². The monoisotopic (exact) mass is 633 g/mol. The number of ether oxygens (including phenoxy) is 2. The summed E-state index contributed by atoms with van der Waals surface area (Å²) in [6.07, 6.45) is 1.99. The van der Waals surface area contributed by atoms with E-state index in [2.05, 4.69) is 9.80 Å². The zero-order valence-corrected chi connectivity index (χ0v) is 26.1. The molecular formula is C32H38F3N3O5S. The lowest BCUT2D eigenvalue weighted by Crippen LogP contribution is -2.46. The van der Waals surface area contributed by atoms with Crippen molar-refractivity contribution in [1.29, 1.82) is 0 Å². The fraction of sp³-hybridized carbons (Fsp3) is 0.500. The van der Waals surface area contributed by atoms with E-state index >= 15 is 0 Å². The van der Waals surface area contributed by atoms with E-state index in [4.69, 9.17) is 14.5 Å². The molecule has 0 N–H and O–H groups in total. The molecule has 2 fully saturated rings. The molecule has 3 aromatic rings. The van der Waals surface area contributed by atoms with Gasteiger partial charge in [-0.3, -0.25) is 4.90 Å². The first kappa shape index (κ1) is 32.2. The number of halogens is 3. The number of hydrogen-bond donors (Lipinski definition) is 0. The third kappa shape index (κ3) is 6.87. The Morgan fingerprint density at radius 3 is 2.36 bits per heavy atom. The van der Waals surface area contributed by atoms with E-state index in [1.165, 1.54) is 50.6 Å². The van der Waals surface area contributed by atoms with Crippen molar-refractivity contribution in [2.24, 2.45) is 0 Å². The minimum absolute atomic E-state index is 0.0494. The van der Waals surface area contributed by atoms with Gasteiger partial charge in [0.25, 0.3) is 0 Å². The van der Waals surface area contributed by atoms with Crippen molar-refractivity contribution < 1.29 is 35.9 Å². The molecule has 44 heavy (non-hydrogen) atoms. The molecule has 0 spiro atoms. The average molecular weight is 634 g/mol. The number of esters is 1. The summed E-state index contributed by atoms with van der Waals surface area (Å²) < 4.78 is 77.7. The highest BCUT2D eigenvalue weighted by molar-refractivity contribution is 7.90. The van der Waals surface area contributed by atoms with Crippen LogP contribution in [0.2, 0.25) is 0 Å². The van der Waals surface area contributed by atoms with E-state index in [0.717, 1.165) is 57.4 Å². The van der Waals surface area contributed by atoms with Gasteiger partial charge in [0.1, 0.15) is 10.6 Å². The summed E-state index contributed by atoms with van der Waals surface area (Å²) in [5.41, 5.74) is 0.236. The van der Waals surface area contributed by atoms with Gasteiger partial charge in [-0.15, -0.1) is 0 Å². The SMILES string of the molecule is CCOc1cc2nc(-c3cccc(C(F)(F)F)c3)c(CN3CCC(N4CCCCC4)CC3)c(C(=O)OC)c2cc1S(C)(=O)=O. The molecule has 2 saturated heterocycles. The Hall–Kier alpha value is -3.22. The Morgan fingerprint density at radius 2 is 1.75 bits per heavy atom. The number of carbonyl (C=O) groups excluding carboxylic acids is 1. The highest BCUT2D eigenvalue weighted by Gasteiger charge is 2.33. The molecule has 8 nitrogen and oxygen atoms in total. The highest BCUT2D eigenvalue weighted by Crippen LogP contribution is 2.39. The van der Waals surface area contributed by atoms with Crippen LogP contribution in [0.15, 0.2) is 41.3 Å². The third-order valence-corrected chi connectivity index (χ3v) is 9.67.